The SMILES string of the molecule is CCOC[C@H](O)CN(Cc1ccccc1)Cc1nc2sc3c(c2c(=O)[nH]1)CC[C@@H](C)C3. The van der Waals surface area contributed by atoms with Gasteiger partial charge in [0.1, 0.15) is 10.7 Å². The first-order valence-electron chi connectivity index (χ1n) is 11.1. The van der Waals surface area contributed by atoms with Gasteiger partial charge >= 0.3 is 0 Å². The summed E-state index contributed by atoms with van der Waals surface area (Å²) < 4.78 is 5.38. The quantitative estimate of drug-likeness (QED) is 0.531. The van der Waals surface area contributed by atoms with E-state index < -0.39 is 6.10 Å². The first kappa shape index (κ1) is 22.1. The first-order valence-corrected chi connectivity index (χ1v) is 11.9. The number of aliphatic hydroxyl groups excluding tert-OH is 1. The summed E-state index contributed by atoms with van der Waals surface area (Å²) in [6.45, 7) is 6.61. The van der Waals surface area contributed by atoms with Crippen LogP contribution in [-0.2, 0) is 30.7 Å². The summed E-state index contributed by atoms with van der Waals surface area (Å²) in [6.07, 6.45) is 2.52. The zero-order chi connectivity index (χ0) is 21.8. The molecule has 1 aliphatic rings. The van der Waals surface area contributed by atoms with Crippen molar-refractivity contribution >= 4 is 21.6 Å². The first-order chi connectivity index (χ1) is 15.0. The van der Waals surface area contributed by atoms with Gasteiger partial charge in [-0.25, -0.2) is 4.98 Å². The molecule has 3 aromatic rings. The molecule has 1 aromatic carbocycles. The molecule has 0 bridgehead atoms. The third-order valence-corrected chi connectivity index (χ3v) is 6.97. The Morgan fingerprint density at radius 2 is 2.13 bits per heavy atom. The second-order valence-electron chi connectivity index (χ2n) is 8.51. The average Bonchev–Trinajstić information content (AvgIpc) is 3.10. The van der Waals surface area contributed by atoms with Crippen molar-refractivity contribution in [1.29, 1.82) is 0 Å². The Bertz CT molecular complexity index is 1060. The highest BCUT2D eigenvalue weighted by Gasteiger charge is 2.23. The lowest BCUT2D eigenvalue weighted by molar-refractivity contribution is 0.0175. The van der Waals surface area contributed by atoms with E-state index in [0.29, 0.717) is 44.6 Å². The summed E-state index contributed by atoms with van der Waals surface area (Å²) >= 11 is 1.67. The minimum atomic E-state index is -0.602. The van der Waals surface area contributed by atoms with E-state index in [1.165, 1.54) is 10.4 Å². The van der Waals surface area contributed by atoms with E-state index in [1.807, 2.05) is 25.1 Å². The van der Waals surface area contributed by atoms with Gasteiger partial charge in [-0.05, 0) is 43.2 Å². The second-order valence-corrected chi connectivity index (χ2v) is 9.60. The second kappa shape index (κ2) is 10.0. The fourth-order valence-corrected chi connectivity index (χ4v) is 5.71. The topological polar surface area (TPSA) is 78.5 Å². The Morgan fingerprint density at radius 1 is 1.32 bits per heavy atom. The Balaban J connectivity index is 1.58. The number of H-pyrrole nitrogens is 1. The van der Waals surface area contributed by atoms with Gasteiger partial charge in [0.2, 0.25) is 0 Å². The summed E-state index contributed by atoms with van der Waals surface area (Å²) in [5.41, 5.74) is 2.31. The number of aromatic nitrogens is 2. The number of nitrogens with one attached hydrogen (secondary N) is 1. The number of ether oxygens (including phenoxy) is 1. The van der Waals surface area contributed by atoms with Gasteiger partial charge in [0.25, 0.3) is 5.56 Å². The highest BCUT2D eigenvalue weighted by Crippen LogP contribution is 2.35. The van der Waals surface area contributed by atoms with Gasteiger partial charge in [0.05, 0.1) is 24.6 Å². The van der Waals surface area contributed by atoms with Crippen LogP contribution in [0.15, 0.2) is 35.1 Å². The third-order valence-electron chi connectivity index (χ3n) is 5.82. The number of fused-ring (bicyclic) bond motifs is 3. The minimum Gasteiger partial charge on any atom is -0.389 e. The Kier molecular flexibility index (Phi) is 7.17. The molecule has 0 spiro atoms. The van der Waals surface area contributed by atoms with Gasteiger partial charge in [-0.1, -0.05) is 37.3 Å². The van der Waals surface area contributed by atoms with E-state index in [-0.39, 0.29) is 5.56 Å². The minimum absolute atomic E-state index is 0.0402. The van der Waals surface area contributed by atoms with E-state index in [0.717, 1.165) is 35.0 Å². The van der Waals surface area contributed by atoms with Crippen LogP contribution in [-0.4, -0.2) is 45.8 Å². The van der Waals surface area contributed by atoms with Crippen LogP contribution < -0.4 is 5.56 Å². The molecule has 2 N–H and O–H groups in total. The maximum Gasteiger partial charge on any atom is 0.259 e. The molecule has 1 aliphatic carbocycles. The van der Waals surface area contributed by atoms with Gasteiger partial charge in [-0.15, -0.1) is 11.3 Å². The summed E-state index contributed by atoms with van der Waals surface area (Å²) in [7, 11) is 0. The Labute approximate surface area is 186 Å². The van der Waals surface area contributed by atoms with Crippen molar-refractivity contribution in [2.24, 2.45) is 5.92 Å². The zero-order valence-electron chi connectivity index (χ0n) is 18.3. The zero-order valence-corrected chi connectivity index (χ0v) is 19.1. The number of aromatic amines is 1. The van der Waals surface area contributed by atoms with Crippen LogP contribution in [0.5, 0.6) is 0 Å². The van der Waals surface area contributed by atoms with Crippen molar-refractivity contribution in [3.63, 3.8) is 0 Å². The molecular formula is C24H31N3O3S. The molecule has 6 nitrogen and oxygen atoms in total. The molecule has 166 valence electrons. The van der Waals surface area contributed by atoms with Crippen molar-refractivity contribution < 1.29 is 9.84 Å². The van der Waals surface area contributed by atoms with Crippen LogP contribution in [0.1, 0.15) is 42.1 Å². The molecular weight excluding hydrogens is 410 g/mol. The number of benzene rings is 1. The predicted octanol–water partition coefficient (Wildman–Crippen LogP) is 3.51. The molecule has 0 unspecified atom stereocenters. The molecule has 0 radical (unpaired) electrons. The van der Waals surface area contributed by atoms with Gasteiger partial charge in [-0.2, -0.15) is 0 Å². The lowest BCUT2D eigenvalue weighted by Gasteiger charge is -2.24. The smallest absolute Gasteiger partial charge is 0.259 e. The molecule has 0 fully saturated rings. The number of aryl methyl sites for hydroxylation is 1. The van der Waals surface area contributed by atoms with Crippen LogP contribution in [0.2, 0.25) is 0 Å². The average molecular weight is 442 g/mol. The van der Waals surface area contributed by atoms with E-state index in [4.69, 9.17) is 9.72 Å². The normalized spacial score (nSPS) is 17.2. The van der Waals surface area contributed by atoms with E-state index in [1.54, 1.807) is 11.3 Å². The van der Waals surface area contributed by atoms with Gasteiger partial charge < -0.3 is 14.8 Å². The monoisotopic (exact) mass is 441 g/mol. The summed E-state index contributed by atoms with van der Waals surface area (Å²) in [5.74, 6) is 1.30. The number of nitrogens with zero attached hydrogens (tertiary/aromatic N) is 2. The van der Waals surface area contributed by atoms with Crippen molar-refractivity contribution in [3.8, 4) is 0 Å². The van der Waals surface area contributed by atoms with Crippen LogP contribution in [0.4, 0.5) is 0 Å². The molecule has 0 amide bonds. The number of hydrogen-bond donors (Lipinski definition) is 2. The van der Waals surface area contributed by atoms with Crippen molar-refractivity contribution in [3.05, 3.63) is 62.5 Å². The number of thiophene rings is 1. The molecule has 4 rings (SSSR count). The van der Waals surface area contributed by atoms with E-state index in [9.17, 15) is 9.90 Å². The number of hydrogen-bond acceptors (Lipinski definition) is 6. The molecule has 2 aromatic heterocycles. The molecule has 31 heavy (non-hydrogen) atoms. The summed E-state index contributed by atoms with van der Waals surface area (Å²) in [4.78, 5) is 25.0. The van der Waals surface area contributed by atoms with Gasteiger partial charge in [-0.3, -0.25) is 9.69 Å². The summed E-state index contributed by atoms with van der Waals surface area (Å²) in [5, 5.41) is 11.2. The largest absolute Gasteiger partial charge is 0.389 e. The van der Waals surface area contributed by atoms with Crippen molar-refractivity contribution in [2.45, 2.75) is 52.3 Å². The van der Waals surface area contributed by atoms with Gasteiger partial charge in [0, 0.05) is 24.6 Å². The number of rotatable bonds is 9. The highest BCUT2D eigenvalue weighted by atomic mass is 32.1. The van der Waals surface area contributed by atoms with Crippen LogP contribution in [0.3, 0.4) is 0 Å². The number of aliphatic hydroxyl groups is 1. The fraction of sp³-hybridized carbons (Fsp3) is 0.500. The van der Waals surface area contributed by atoms with Crippen LogP contribution in [0, 0.1) is 5.92 Å². The maximum absolute atomic E-state index is 12.9. The standard InChI is InChI=1S/C24H31N3O3S/c1-3-30-15-18(28)13-27(12-17-7-5-4-6-8-17)14-21-25-23(29)22-19-10-9-16(2)11-20(19)31-24(22)26-21/h4-8,16,18,28H,3,9-15H2,1-2H3,(H,25,26,29)/t16-,18-/m1/s1. The molecule has 0 saturated carbocycles. The maximum atomic E-state index is 12.9. The Hall–Kier alpha value is -2.06. The predicted molar refractivity (Wildman–Crippen MR) is 124 cm³/mol. The lowest BCUT2D eigenvalue weighted by Crippen LogP contribution is -2.35. The molecule has 7 heteroatoms. The third kappa shape index (κ3) is 5.41. The molecule has 2 atom stereocenters. The Morgan fingerprint density at radius 3 is 2.90 bits per heavy atom. The molecule has 0 aliphatic heterocycles. The van der Waals surface area contributed by atoms with Crippen LogP contribution in [0.25, 0.3) is 10.2 Å². The summed E-state index contributed by atoms with van der Waals surface area (Å²) in [6, 6.07) is 10.1. The molecule has 0 saturated heterocycles. The fourth-order valence-electron chi connectivity index (χ4n) is 4.31. The van der Waals surface area contributed by atoms with E-state index >= 15 is 0 Å². The van der Waals surface area contributed by atoms with Crippen molar-refractivity contribution in [2.75, 3.05) is 19.8 Å². The van der Waals surface area contributed by atoms with Gasteiger partial charge in [0.15, 0.2) is 0 Å². The van der Waals surface area contributed by atoms with Crippen LogP contribution >= 0.6 is 11.3 Å². The highest BCUT2D eigenvalue weighted by molar-refractivity contribution is 7.18. The van der Waals surface area contributed by atoms with E-state index in [2.05, 4.69) is 28.9 Å². The molecule has 2 heterocycles. The van der Waals surface area contributed by atoms with Crippen molar-refractivity contribution in [1.82, 2.24) is 14.9 Å². The lowest BCUT2D eigenvalue weighted by atomic mass is 9.89.